The maximum Gasteiger partial charge on any atom is 0.344 e. The molecule has 2 aromatic rings. The van der Waals surface area contributed by atoms with E-state index in [0.29, 0.717) is 16.3 Å². The molecule has 0 spiro atoms. The second-order valence-electron chi connectivity index (χ2n) is 5.17. The first-order valence-corrected chi connectivity index (χ1v) is 8.23. The molecule has 0 aliphatic carbocycles. The Hall–Kier alpha value is -2.75. The Bertz CT molecular complexity index is 847. The van der Waals surface area contributed by atoms with Crippen LogP contribution in [0.15, 0.2) is 42.5 Å². The Balaban J connectivity index is 1.83. The van der Waals surface area contributed by atoms with E-state index in [4.69, 9.17) is 37.9 Å². The molecule has 0 saturated carbocycles. The van der Waals surface area contributed by atoms with Crippen LogP contribution in [0.4, 0.5) is 5.69 Å². The lowest BCUT2D eigenvalue weighted by molar-refractivity contribution is -0.155. The second-order valence-corrected chi connectivity index (χ2v) is 6.02. The van der Waals surface area contributed by atoms with Gasteiger partial charge in [-0.1, -0.05) is 23.2 Å². The van der Waals surface area contributed by atoms with Crippen molar-refractivity contribution in [3.63, 3.8) is 0 Å². The number of halogens is 2. The second kappa shape index (κ2) is 9.09. The van der Waals surface area contributed by atoms with E-state index in [0.717, 1.165) is 0 Å². The van der Waals surface area contributed by atoms with Gasteiger partial charge >= 0.3 is 5.97 Å². The number of ether oxygens (including phenoxy) is 2. The highest BCUT2D eigenvalue weighted by Gasteiger charge is 2.18. The number of anilines is 1. The molecule has 0 saturated heterocycles. The summed E-state index contributed by atoms with van der Waals surface area (Å²) >= 11 is 11.7. The van der Waals surface area contributed by atoms with Gasteiger partial charge < -0.3 is 14.8 Å². The van der Waals surface area contributed by atoms with E-state index in [9.17, 15) is 9.59 Å². The van der Waals surface area contributed by atoms with E-state index in [1.165, 1.54) is 19.1 Å². The van der Waals surface area contributed by atoms with Gasteiger partial charge in [0.1, 0.15) is 5.75 Å². The topological polar surface area (TPSA) is 88.4 Å². The molecule has 0 aliphatic rings. The summed E-state index contributed by atoms with van der Waals surface area (Å²) in [5.41, 5.74) is 0.960. The number of esters is 1. The summed E-state index contributed by atoms with van der Waals surface area (Å²) < 4.78 is 10.3. The molecule has 26 heavy (non-hydrogen) atoms. The molecule has 0 aliphatic heterocycles. The number of carbonyl (C=O) groups excluding carboxylic acids is 2. The van der Waals surface area contributed by atoms with Crippen LogP contribution in [0.5, 0.6) is 5.75 Å². The minimum Gasteiger partial charge on any atom is -0.480 e. The summed E-state index contributed by atoms with van der Waals surface area (Å²) in [6, 6.07) is 12.9. The van der Waals surface area contributed by atoms with Crippen LogP contribution in [0.25, 0.3) is 0 Å². The zero-order chi connectivity index (χ0) is 19.1. The van der Waals surface area contributed by atoms with Gasteiger partial charge in [0, 0.05) is 10.7 Å². The molecular weight excluding hydrogens is 379 g/mol. The predicted octanol–water partition coefficient (Wildman–Crippen LogP) is 3.81. The van der Waals surface area contributed by atoms with E-state index >= 15 is 0 Å². The van der Waals surface area contributed by atoms with Gasteiger partial charge in [0.05, 0.1) is 16.7 Å². The number of hydrogen-bond donors (Lipinski definition) is 1. The number of nitriles is 1. The van der Waals surface area contributed by atoms with Gasteiger partial charge in [-0.15, -0.1) is 0 Å². The van der Waals surface area contributed by atoms with Crippen molar-refractivity contribution in [3.8, 4) is 11.8 Å². The average Bonchev–Trinajstić information content (AvgIpc) is 2.61. The van der Waals surface area contributed by atoms with Gasteiger partial charge in [-0.3, -0.25) is 4.79 Å². The molecule has 2 rings (SSSR count). The van der Waals surface area contributed by atoms with Crippen molar-refractivity contribution in [1.82, 2.24) is 0 Å². The number of carbonyl (C=O) groups is 2. The lowest BCUT2D eigenvalue weighted by Crippen LogP contribution is -2.31. The normalized spacial score (nSPS) is 11.2. The molecule has 1 atom stereocenters. The maximum atomic E-state index is 12.0. The summed E-state index contributed by atoms with van der Waals surface area (Å²) in [5, 5.41) is 12.0. The van der Waals surface area contributed by atoms with Gasteiger partial charge in [-0.2, -0.15) is 5.26 Å². The Morgan fingerprint density at radius 3 is 2.50 bits per heavy atom. The highest BCUT2D eigenvalue weighted by Crippen LogP contribution is 2.27. The fourth-order valence-corrected chi connectivity index (χ4v) is 2.35. The Morgan fingerprint density at radius 1 is 1.19 bits per heavy atom. The average molecular weight is 393 g/mol. The summed E-state index contributed by atoms with van der Waals surface area (Å²) in [5.74, 6) is -0.950. The highest BCUT2D eigenvalue weighted by molar-refractivity contribution is 6.35. The van der Waals surface area contributed by atoms with Gasteiger partial charge in [0.25, 0.3) is 5.91 Å². The third-order valence-electron chi connectivity index (χ3n) is 3.20. The number of amides is 1. The molecule has 6 nitrogen and oxygen atoms in total. The van der Waals surface area contributed by atoms with Gasteiger partial charge in [-0.05, 0) is 49.4 Å². The molecule has 1 N–H and O–H groups in total. The van der Waals surface area contributed by atoms with Crippen molar-refractivity contribution in [2.75, 3.05) is 11.9 Å². The third kappa shape index (κ3) is 5.66. The summed E-state index contributed by atoms with van der Waals surface area (Å²) in [4.78, 5) is 23.9. The Labute approximate surface area is 160 Å². The van der Waals surface area contributed by atoms with Crippen molar-refractivity contribution in [3.05, 3.63) is 58.1 Å². The van der Waals surface area contributed by atoms with Crippen LogP contribution in [-0.2, 0) is 14.3 Å². The van der Waals surface area contributed by atoms with E-state index in [1.54, 1.807) is 30.3 Å². The summed E-state index contributed by atoms with van der Waals surface area (Å²) in [7, 11) is 0. The molecule has 2 aromatic carbocycles. The quantitative estimate of drug-likeness (QED) is 0.754. The lowest BCUT2D eigenvalue weighted by atomic mass is 10.2. The first-order valence-electron chi connectivity index (χ1n) is 7.47. The van der Waals surface area contributed by atoms with E-state index in [2.05, 4.69) is 5.32 Å². The molecule has 0 bridgehead atoms. The van der Waals surface area contributed by atoms with Gasteiger partial charge in [0.15, 0.2) is 12.7 Å². The molecule has 0 aromatic heterocycles. The standard InChI is InChI=1S/C18H14Cl2N2O4/c1-11(18(24)22-14-5-2-12(9-21)3-6-14)26-17(23)10-25-16-7-4-13(19)8-15(16)20/h2-8,11H,10H2,1H3,(H,22,24)/t11-/m1/s1. The van der Waals surface area contributed by atoms with Crippen molar-refractivity contribution < 1.29 is 19.1 Å². The Morgan fingerprint density at radius 2 is 1.88 bits per heavy atom. The minimum absolute atomic E-state index is 0.261. The van der Waals surface area contributed by atoms with Crippen LogP contribution < -0.4 is 10.1 Å². The van der Waals surface area contributed by atoms with Crippen molar-refractivity contribution in [2.45, 2.75) is 13.0 Å². The molecule has 0 unspecified atom stereocenters. The van der Waals surface area contributed by atoms with Crippen molar-refractivity contribution in [1.29, 1.82) is 5.26 Å². The number of nitrogens with one attached hydrogen (secondary N) is 1. The first-order chi connectivity index (χ1) is 12.4. The predicted molar refractivity (Wildman–Crippen MR) is 97.3 cm³/mol. The van der Waals surface area contributed by atoms with Crippen LogP contribution in [0.3, 0.4) is 0 Å². The molecule has 8 heteroatoms. The van der Waals surface area contributed by atoms with Crippen molar-refractivity contribution >= 4 is 40.8 Å². The monoisotopic (exact) mass is 392 g/mol. The van der Waals surface area contributed by atoms with Crippen LogP contribution in [0, 0.1) is 11.3 Å². The van der Waals surface area contributed by atoms with Crippen LogP contribution in [-0.4, -0.2) is 24.6 Å². The molecule has 0 fully saturated rings. The SMILES string of the molecule is C[C@@H](OC(=O)COc1ccc(Cl)cc1Cl)C(=O)Nc1ccc(C#N)cc1. The number of hydrogen-bond acceptors (Lipinski definition) is 5. The largest absolute Gasteiger partial charge is 0.480 e. The minimum atomic E-state index is -1.03. The Kier molecular flexibility index (Phi) is 6.84. The smallest absolute Gasteiger partial charge is 0.344 e. The highest BCUT2D eigenvalue weighted by atomic mass is 35.5. The number of rotatable bonds is 6. The van der Waals surface area contributed by atoms with Gasteiger partial charge in [-0.25, -0.2) is 4.79 Å². The van der Waals surface area contributed by atoms with Gasteiger partial charge in [0.2, 0.25) is 0 Å². The first kappa shape index (κ1) is 19.6. The molecule has 134 valence electrons. The molecule has 0 radical (unpaired) electrons. The third-order valence-corrected chi connectivity index (χ3v) is 3.73. The van der Waals surface area contributed by atoms with E-state index < -0.39 is 24.6 Å². The van der Waals surface area contributed by atoms with Crippen LogP contribution >= 0.6 is 23.2 Å². The lowest BCUT2D eigenvalue weighted by Gasteiger charge is -2.14. The van der Waals surface area contributed by atoms with Crippen LogP contribution in [0.2, 0.25) is 10.0 Å². The zero-order valence-electron chi connectivity index (χ0n) is 13.7. The molecule has 1 amide bonds. The maximum absolute atomic E-state index is 12.0. The fraction of sp³-hybridized carbons (Fsp3) is 0.167. The number of nitrogens with zero attached hydrogens (tertiary/aromatic N) is 1. The molecular formula is C18H14Cl2N2O4. The van der Waals surface area contributed by atoms with Crippen molar-refractivity contribution in [2.24, 2.45) is 0 Å². The summed E-state index contributed by atoms with van der Waals surface area (Å²) in [6.07, 6.45) is -1.03. The van der Waals surface area contributed by atoms with E-state index in [1.807, 2.05) is 6.07 Å². The number of benzene rings is 2. The van der Waals surface area contributed by atoms with E-state index in [-0.39, 0.29) is 10.8 Å². The molecule has 0 heterocycles. The summed E-state index contributed by atoms with van der Waals surface area (Å²) in [6.45, 7) is 1.03. The fourth-order valence-electron chi connectivity index (χ4n) is 1.89. The van der Waals surface area contributed by atoms with Crippen LogP contribution in [0.1, 0.15) is 12.5 Å². The zero-order valence-corrected chi connectivity index (χ0v) is 15.2.